The summed E-state index contributed by atoms with van der Waals surface area (Å²) < 4.78 is 2.16. The fourth-order valence-electron chi connectivity index (χ4n) is 2.64. The number of aryl methyl sites for hydroxylation is 2. The van der Waals surface area contributed by atoms with Gasteiger partial charge < -0.3 is 9.88 Å². The van der Waals surface area contributed by atoms with Gasteiger partial charge in [0.15, 0.2) is 0 Å². The maximum Gasteiger partial charge on any atom is 0.224 e. The first kappa shape index (κ1) is 12.9. The number of amides is 1. The molecule has 2 heterocycles. The number of benzene rings is 1. The Labute approximate surface area is 118 Å². The second-order valence-corrected chi connectivity index (χ2v) is 5.46. The number of fused-ring (bicyclic) bond motifs is 1. The monoisotopic (exact) mass is 269 g/mol. The van der Waals surface area contributed by atoms with Crippen LogP contribution >= 0.6 is 0 Å². The molecule has 0 saturated carbocycles. The van der Waals surface area contributed by atoms with Crippen molar-refractivity contribution in [3.63, 3.8) is 0 Å². The van der Waals surface area contributed by atoms with Crippen LogP contribution in [0.4, 0.5) is 0 Å². The van der Waals surface area contributed by atoms with Gasteiger partial charge in [0.2, 0.25) is 5.91 Å². The number of nitrogens with one attached hydrogen (secondary N) is 1. The number of hydrogen-bond acceptors (Lipinski definition) is 2. The largest absolute Gasteiger partial charge is 0.353 e. The number of carbonyl (C=O) groups excluding carboxylic acids is 1. The third kappa shape index (κ3) is 2.90. The van der Waals surface area contributed by atoms with E-state index in [1.165, 1.54) is 5.56 Å². The van der Waals surface area contributed by atoms with E-state index in [0.29, 0.717) is 6.42 Å². The molecule has 1 aliphatic heterocycles. The Bertz CT molecular complexity index is 600. The van der Waals surface area contributed by atoms with Gasteiger partial charge in [-0.1, -0.05) is 29.8 Å². The van der Waals surface area contributed by atoms with Crippen molar-refractivity contribution >= 4 is 5.91 Å². The summed E-state index contributed by atoms with van der Waals surface area (Å²) in [6.07, 6.45) is 6.08. The van der Waals surface area contributed by atoms with Crippen molar-refractivity contribution in [2.75, 3.05) is 0 Å². The molecule has 1 aromatic heterocycles. The molecular formula is C16H19N3O. The number of aromatic nitrogens is 2. The van der Waals surface area contributed by atoms with E-state index < -0.39 is 0 Å². The van der Waals surface area contributed by atoms with Gasteiger partial charge in [0.1, 0.15) is 5.82 Å². The van der Waals surface area contributed by atoms with E-state index in [1.807, 2.05) is 43.6 Å². The van der Waals surface area contributed by atoms with E-state index in [4.69, 9.17) is 0 Å². The average Bonchev–Trinajstić information content (AvgIpc) is 2.89. The molecule has 0 bridgehead atoms. The standard InChI is InChI=1S/C16H19N3O/c1-12-2-4-13(5-3-12)10-16(20)18-14-6-8-19-9-7-17-15(19)11-14/h2-5,7,9,14H,6,8,10-11H2,1H3,(H,18,20). The molecule has 1 atom stereocenters. The van der Waals surface area contributed by atoms with Crippen molar-refractivity contribution in [2.45, 2.75) is 38.8 Å². The maximum absolute atomic E-state index is 12.1. The van der Waals surface area contributed by atoms with Crippen LogP contribution in [0.3, 0.4) is 0 Å². The molecule has 1 aromatic carbocycles. The summed E-state index contributed by atoms with van der Waals surface area (Å²) in [6.45, 7) is 2.98. The van der Waals surface area contributed by atoms with Crippen LogP contribution in [0.1, 0.15) is 23.4 Å². The lowest BCUT2D eigenvalue weighted by molar-refractivity contribution is -0.121. The van der Waals surface area contributed by atoms with Crippen molar-refractivity contribution in [3.8, 4) is 0 Å². The highest BCUT2D eigenvalue weighted by Crippen LogP contribution is 2.13. The van der Waals surface area contributed by atoms with E-state index in [1.54, 1.807) is 0 Å². The predicted molar refractivity (Wildman–Crippen MR) is 77.4 cm³/mol. The first-order chi connectivity index (χ1) is 9.70. The third-order valence-corrected chi connectivity index (χ3v) is 3.80. The molecule has 4 heteroatoms. The van der Waals surface area contributed by atoms with Gasteiger partial charge in [0, 0.05) is 31.4 Å². The van der Waals surface area contributed by atoms with Crippen molar-refractivity contribution in [1.82, 2.24) is 14.9 Å². The summed E-state index contributed by atoms with van der Waals surface area (Å²) in [4.78, 5) is 16.4. The van der Waals surface area contributed by atoms with Crippen LogP contribution in [0.15, 0.2) is 36.7 Å². The zero-order valence-electron chi connectivity index (χ0n) is 11.7. The zero-order chi connectivity index (χ0) is 13.9. The molecule has 0 saturated heterocycles. The molecule has 4 nitrogen and oxygen atoms in total. The van der Waals surface area contributed by atoms with Gasteiger partial charge in [-0.15, -0.1) is 0 Å². The highest BCUT2D eigenvalue weighted by Gasteiger charge is 2.20. The molecule has 20 heavy (non-hydrogen) atoms. The number of hydrogen-bond donors (Lipinski definition) is 1. The number of imidazole rings is 1. The van der Waals surface area contributed by atoms with Gasteiger partial charge in [-0.3, -0.25) is 4.79 Å². The molecule has 0 radical (unpaired) electrons. The van der Waals surface area contributed by atoms with Crippen molar-refractivity contribution in [3.05, 3.63) is 53.6 Å². The fraction of sp³-hybridized carbons (Fsp3) is 0.375. The molecule has 1 N–H and O–H groups in total. The second-order valence-electron chi connectivity index (χ2n) is 5.46. The smallest absolute Gasteiger partial charge is 0.224 e. The van der Waals surface area contributed by atoms with Crippen molar-refractivity contribution in [2.24, 2.45) is 0 Å². The molecule has 0 spiro atoms. The fourth-order valence-corrected chi connectivity index (χ4v) is 2.64. The Morgan fingerprint density at radius 3 is 3.00 bits per heavy atom. The molecule has 104 valence electrons. The minimum atomic E-state index is 0.0962. The summed E-state index contributed by atoms with van der Waals surface area (Å²) in [6, 6.07) is 8.33. The lowest BCUT2D eigenvalue weighted by atomic mass is 10.1. The van der Waals surface area contributed by atoms with Gasteiger partial charge >= 0.3 is 0 Å². The molecule has 0 aliphatic carbocycles. The summed E-state index contributed by atoms with van der Waals surface area (Å²) in [7, 11) is 0. The van der Waals surface area contributed by atoms with Crippen LogP contribution in [-0.2, 0) is 24.2 Å². The quantitative estimate of drug-likeness (QED) is 0.924. The third-order valence-electron chi connectivity index (χ3n) is 3.80. The SMILES string of the molecule is Cc1ccc(CC(=O)NC2CCn3ccnc3C2)cc1. The Kier molecular flexibility index (Phi) is 3.54. The molecule has 0 fully saturated rings. The van der Waals surface area contributed by atoms with Gasteiger partial charge in [-0.25, -0.2) is 4.98 Å². The second kappa shape index (κ2) is 5.49. The number of carbonyl (C=O) groups is 1. The van der Waals surface area contributed by atoms with Crippen LogP contribution in [0.2, 0.25) is 0 Å². The zero-order valence-corrected chi connectivity index (χ0v) is 11.7. The van der Waals surface area contributed by atoms with E-state index in [-0.39, 0.29) is 11.9 Å². The molecular weight excluding hydrogens is 250 g/mol. The summed E-state index contributed by atoms with van der Waals surface area (Å²) in [5.74, 6) is 1.16. The summed E-state index contributed by atoms with van der Waals surface area (Å²) in [5.41, 5.74) is 2.28. The van der Waals surface area contributed by atoms with Crippen LogP contribution < -0.4 is 5.32 Å². The Balaban J connectivity index is 1.56. The molecule has 1 amide bonds. The van der Waals surface area contributed by atoms with Crippen LogP contribution in [0.5, 0.6) is 0 Å². The number of rotatable bonds is 3. The van der Waals surface area contributed by atoms with Crippen LogP contribution in [0, 0.1) is 6.92 Å². The summed E-state index contributed by atoms with van der Waals surface area (Å²) in [5, 5.41) is 3.12. The van der Waals surface area contributed by atoms with Gasteiger partial charge in [0.25, 0.3) is 0 Å². The van der Waals surface area contributed by atoms with Crippen molar-refractivity contribution < 1.29 is 4.79 Å². The van der Waals surface area contributed by atoms with E-state index in [2.05, 4.69) is 14.9 Å². The lowest BCUT2D eigenvalue weighted by Gasteiger charge is -2.24. The molecule has 2 aromatic rings. The molecule has 1 unspecified atom stereocenters. The van der Waals surface area contributed by atoms with Crippen LogP contribution in [0.25, 0.3) is 0 Å². The van der Waals surface area contributed by atoms with E-state index in [9.17, 15) is 4.79 Å². The maximum atomic E-state index is 12.1. The highest BCUT2D eigenvalue weighted by atomic mass is 16.1. The van der Waals surface area contributed by atoms with Crippen molar-refractivity contribution in [1.29, 1.82) is 0 Å². The Hall–Kier alpha value is -2.10. The first-order valence-electron chi connectivity index (χ1n) is 7.05. The first-order valence-corrected chi connectivity index (χ1v) is 7.05. The lowest BCUT2D eigenvalue weighted by Crippen LogP contribution is -2.40. The Morgan fingerprint density at radius 2 is 2.20 bits per heavy atom. The summed E-state index contributed by atoms with van der Waals surface area (Å²) >= 11 is 0. The molecule has 3 rings (SSSR count). The minimum Gasteiger partial charge on any atom is -0.353 e. The average molecular weight is 269 g/mol. The highest BCUT2D eigenvalue weighted by molar-refractivity contribution is 5.78. The minimum absolute atomic E-state index is 0.0962. The normalized spacial score (nSPS) is 17.6. The van der Waals surface area contributed by atoms with Gasteiger partial charge in [-0.05, 0) is 18.9 Å². The number of nitrogens with zero attached hydrogens (tertiary/aromatic N) is 2. The van der Waals surface area contributed by atoms with E-state index >= 15 is 0 Å². The van der Waals surface area contributed by atoms with Crippen LogP contribution in [-0.4, -0.2) is 21.5 Å². The van der Waals surface area contributed by atoms with Gasteiger partial charge in [-0.2, -0.15) is 0 Å². The predicted octanol–water partition coefficient (Wildman–Crippen LogP) is 1.87. The van der Waals surface area contributed by atoms with Gasteiger partial charge in [0.05, 0.1) is 6.42 Å². The Morgan fingerprint density at radius 1 is 1.40 bits per heavy atom. The van der Waals surface area contributed by atoms with E-state index in [0.717, 1.165) is 30.8 Å². The topological polar surface area (TPSA) is 46.9 Å². The molecule has 1 aliphatic rings.